The predicted octanol–water partition coefficient (Wildman–Crippen LogP) is 4.76. The average Bonchev–Trinajstić information content (AvgIpc) is 3.70. The maximum Gasteiger partial charge on any atom is 0.321 e. The van der Waals surface area contributed by atoms with Crippen LogP contribution in [0.15, 0.2) is 42.1 Å². The molecule has 2 saturated heterocycles. The Labute approximate surface area is 294 Å². The molecule has 3 amide bonds. The number of aromatic nitrogens is 1. The van der Waals surface area contributed by atoms with Crippen LogP contribution in [-0.4, -0.2) is 106 Å². The van der Waals surface area contributed by atoms with Crippen molar-refractivity contribution in [3.05, 3.63) is 58.8 Å². The third-order valence-electron chi connectivity index (χ3n) is 10.6. The third kappa shape index (κ3) is 7.01. The van der Waals surface area contributed by atoms with Crippen LogP contribution in [0.1, 0.15) is 72.3 Å². The van der Waals surface area contributed by atoms with Gasteiger partial charge in [0.1, 0.15) is 5.75 Å². The lowest BCUT2D eigenvalue weighted by molar-refractivity contribution is -0.0273. The van der Waals surface area contributed by atoms with Gasteiger partial charge in [-0.05, 0) is 92.2 Å². The molecule has 13 heteroatoms. The van der Waals surface area contributed by atoms with Crippen LogP contribution in [-0.2, 0) is 21.5 Å². The van der Waals surface area contributed by atoms with Crippen molar-refractivity contribution in [1.29, 1.82) is 0 Å². The lowest BCUT2D eigenvalue weighted by atomic mass is 9.81. The van der Waals surface area contributed by atoms with Crippen LogP contribution in [0.25, 0.3) is 28.2 Å². The fraction of sp³-hybridized carbons (Fsp3) is 0.514. The van der Waals surface area contributed by atoms with Crippen LogP contribution in [0.3, 0.4) is 0 Å². The fourth-order valence-electron chi connectivity index (χ4n) is 8.01. The second kappa shape index (κ2) is 14.4. The number of hydrogen-bond donors (Lipinski definition) is 2. The number of carbonyl (C=O) groups excluding carboxylic acids is 2. The lowest BCUT2D eigenvalue weighted by Crippen LogP contribution is -2.52. The number of hydrogen-bond acceptors (Lipinski definition) is 7. The number of carbonyl (C=O) groups is 2. The minimum absolute atomic E-state index is 0.0281. The Bertz CT molecular complexity index is 1910. The van der Waals surface area contributed by atoms with Crippen molar-refractivity contribution in [3.8, 4) is 17.0 Å². The number of ether oxygens (including phenoxy) is 2. The number of methoxy groups -OCH3 is 1. The molecular weight excluding hydrogens is 657 g/mol. The molecule has 0 radical (unpaired) electrons. The molecule has 4 aliphatic rings. The van der Waals surface area contributed by atoms with Crippen molar-refractivity contribution in [2.45, 2.75) is 63.5 Å². The Balaban J connectivity index is 1.28. The van der Waals surface area contributed by atoms with Gasteiger partial charge < -0.3 is 29.2 Å². The van der Waals surface area contributed by atoms with Gasteiger partial charge in [0.05, 0.1) is 32.1 Å². The number of likely N-dealkylation sites (tertiary alicyclic amines) is 1. The molecule has 1 atom stereocenters. The molecule has 3 fully saturated rings. The van der Waals surface area contributed by atoms with Crippen LogP contribution in [0.2, 0.25) is 0 Å². The highest BCUT2D eigenvalue weighted by Gasteiger charge is 2.32. The Kier molecular flexibility index (Phi) is 9.93. The number of rotatable bonds is 8. The first-order chi connectivity index (χ1) is 24.1. The third-order valence-corrected chi connectivity index (χ3v) is 12.0. The van der Waals surface area contributed by atoms with Gasteiger partial charge in [-0.2, -0.15) is 12.7 Å². The van der Waals surface area contributed by atoms with Crippen LogP contribution < -0.4 is 14.8 Å². The zero-order valence-corrected chi connectivity index (χ0v) is 30.1. The molecule has 0 bridgehead atoms. The second-order valence-corrected chi connectivity index (χ2v) is 16.0. The summed E-state index contributed by atoms with van der Waals surface area (Å²) in [4.78, 5) is 31.5. The highest BCUT2D eigenvalue weighted by molar-refractivity contribution is 7.87. The summed E-state index contributed by atoms with van der Waals surface area (Å²) in [6.45, 7) is 4.86. The van der Waals surface area contributed by atoms with E-state index in [0.717, 1.165) is 77.3 Å². The van der Waals surface area contributed by atoms with Crippen LogP contribution in [0, 0.1) is 0 Å². The van der Waals surface area contributed by atoms with E-state index >= 15 is 0 Å². The summed E-state index contributed by atoms with van der Waals surface area (Å²) in [5.74, 6) is 0.339. The van der Waals surface area contributed by atoms with E-state index in [1.807, 2.05) is 29.2 Å². The molecule has 4 heterocycles. The monoisotopic (exact) mass is 704 g/mol. The Morgan fingerprint density at radius 1 is 1.00 bits per heavy atom. The largest absolute Gasteiger partial charge is 0.497 e. The molecular formula is C37H48N6O6S. The summed E-state index contributed by atoms with van der Waals surface area (Å²) in [6, 6.07) is 11.3. The minimum Gasteiger partial charge on any atom is -0.497 e. The number of urea groups is 1. The first-order valence-electron chi connectivity index (χ1n) is 17.8. The smallest absolute Gasteiger partial charge is 0.321 e. The van der Waals surface area contributed by atoms with Gasteiger partial charge in [0.25, 0.3) is 5.91 Å². The Morgan fingerprint density at radius 3 is 2.52 bits per heavy atom. The lowest BCUT2D eigenvalue weighted by Gasteiger charge is -2.35. The van der Waals surface area contributed by atoms with Crippen molar-refractivity contribution < 1.29 is 27.5 Å². The standard InChI is InChI=1S/C37H48N6O6S/c1-40(2)50(46,47)39-36(44)26-11-13-32-33(21-26)43-22-28(38-37(45)42-17-18-49-30(24-42)23-41-15-7-8-16-41)19-27-20-29(48-3)12-14-31(27)35(43)34(32)25-9-5-4-6-10-25/h11-14,19-21,25,30H,4-10,15-18,22-24H2,1-3H3,(H,38,45)(H,39,44). The normalized spacial score (nSPS) is 20.3. The summed E-state index contributed by atoms with van der Waals surface area (Å²) >= 11 is 0. The number of benzene rings is 2. The average molecular weight is 705 g/mol. The molecule has 268 valence electrons. The van der Waals surface area contributed by atoms with Gasteiger partial charge in [-0.1, -0.05) is 25.3 Å². The molecule has 2 aromatic carbocycles. The summed E-state index contributed by atoms with van der Waals surface area (Å²) in [5, 5.41) is 4.28. The van der Waals surface area contributed by atoms with Crippen molar-refractivity contribution in [3.63, 3.8) is 0 Å². The van der Waals surface area contributed by atoms with Gasteiger partial charge in [0.15, 0.2) is 0 Å². The van der Waals surface area contributed by atoms with Gasteiger partial charge >= 0.3 is 16.2 Å². The van der Waals surface area contributed by atoms with E-state index in [-0.39, 0.29) is 17.7 Å². The van der Waals surface area contributed by atoms with Gasteiger partial charge in [0, 0.05) is 61.5 Å². The van der Waals surface area contributed by atoms with Crippen LogP contribution in [0.4, 0.5) is 4.79 Å². The topological polar surface area (TPSA) is 125 Å². The molecule has 1 unspecified atom stereocenters. The molecule has 0 spiro atoms. The fourth-order valence-corrected chi connectivity index (χ4v) is 8.54. The predicted molar refractivity (Wildman–Crippen MR) is 193 cm³/mol. The quantitative estimate of drug-likeness (QED) is 0.347. The molecule has 1 aromatic heterocycles. The van der Waals surface area contributed by atoms with Crippen LogP contribution in [0.5, 0.6) is 5.75 Å². The number of amides is 3. The summed E-state index contributed by atoms with van der Waals surface area (Å²) in [5.41, 5.74) is 6.01. The van der Waals surface area contributed by atoms with E-state index in [4.69, 9.17) is 9.47 Å². The molecule has 2 N–H and O–H groups in total. The Morgan fingerprint density at radius 2 is 1.78 bits per heavy atom. The maximum atomic E-state index is 13.9. The SMILES string of the molecule is COc1ccc2c(c1)C=C(NC(=O)N1CCOC(CN3CCCC3)C1)Cn1c-2c(C2CCCCC2)c2ccc(C(=O)NS(=O)(=O)N(C)C)cc21. The first-order valence-corrected chi connectivity index (χ1v) is 19.2. The number of allylic oxidation sites excluding steroid dienone is 1. The zero-order valence-electron chi connectivity index (χ0n) is 29.2. The number of morpholine rings is 1. The molecule has 3 aliphatic heterocycles. The van der Waals surface area contributed by atoms with Crippen LogP contribution >= 0.6 is 0 Å². The van der Waals surface area contributed by atoms with E-state index in [0.29, 0.717) is 43.6 Å². The summed E-state index contributed by atoms with van der Waals surface area (Å²) in [6.07, 6.45) is 10.0. The highest BCUT2D eigenvalue weighted by atomic mass is 32.2. The van der Waals surface area contributed by atoms with Crippen molar-refractivity contribution in [1.82, 2.24) is 28.7 Å². The number of nitrogens with zero attached hydrogens (tertiary/aromatic N) is 4. The molecule has 12 nitrogen and oxygen atoms in total. The number of fused-ring (bicyclic) bond motifs is 5. The summed E-state index contributed by atoms with van der Waals surface area (Å²) < 4.78 is 42.2. The van der Waals surface area contributed by atoms with E-state index in [1.54, 1.807) is 19.2 Å². The van der Waals surface area contributed by atoms with Gasteiger partial charge in [-0.25, -0.2) is 9.52 Å². The van der Waals surface area contributed by atoms with Gasteiger partial charge in [-0.15, -0.1) is 0 Å². The van der Waals surface area contributed by atoms with Crippen molar-refractivity contribution >= 4 is 39.1 Å². The van der Waals surface area contributed by atoms with Gasteiger partial charge in [0.2, 0.25) is 0 Å². The molecule has 3 aromatic rings. The second-order valence-electron chi connectivity index (χ2n) is 14.1. The zero-order chi connectivity index (χ0) is 35.0. The molecule has 1 saturated carbocycles. The van der Waals surface area contributed by atoms with E-state index in [1.165, 1.54) is 38.9 Å². The van der Waals surface area contributed by atoms with E-state index in [2.05, 4.69) is 25.6 Å². The Hall–Kier alpha value is -3.91. The minimum atomic E-state index is -3.98. The van der Waals surface area contributed by atoms with Crippen molar-refractivity contribution in [2.24, 2.45) is 0 Å². The van der Waals surface area contributed by atoms with E-state index in [9.17, 15) is 18.0 Å². The highest BCUT2D eigenvalue weighted by Crippen LogP contribution is 2.47. The van der Waals surface area contributed by atoms with Gasteiger partial charge in [-0.3, -0.25) is 4.79 Å². The van der Waals surface area contributed by atoms with E-state index < -0.39 is 16.1 Å². The van der Waals surface area contributed by atoms with Crippen molar-refractivity contribution in [2.75, 3.05) is 60.5 Å². The molecule has 7 rings (SSSR count). The molecule has 1 aliphatic carbocycles. The molecule has 50 heavy (non-hydrogen) atoms. The summed E-state index contributed by atoms with van der Waals surface area (Å²) in [7, 11) is 0.419. The number of nitrogens with one attached hydrogen (secondary N) is 2. The maximum absolute atomic E-state index is 13.9. The first kappa shape index (κ1) is 34.5.